The number of pyridine rings is 2. The zero-order chi connectivity index (χ0) is 51.3. The predicted molar refractivity (Wildman–Crippen MR) is 240 cm³/mol. The molecule has 4 aromatic rings. The van der Waals surface area contributed by atoms with Crippen LogP contribution in [-0.4, -0.2) is 124 Å². The number of amides is 4. The van der Waals surface area contributed by atoms with Crippen molar-refractivity contribution in [3.05, 3.63) is 98.8 Å². The molecule has 2 aliphatic heterocycles. The van der Waals surface area contributed by atoms with E-state index in [0.29, 0.717) is 23.7 Å². The largest absolute Gasteiger partial charge is 0.495 e. The molecule has 4 amide bonds. The number of hydrogen-bond acceptors (Lipinski definition) is 14. The first-order chi connectivity index (χ1) is 33.3. The van der Waals surface area contributed by atoms with Crippen molar-refractivity contribution in [1.29, 1.82) is 10.5 Å². The number of benzene rings is 2. The molecular weight excluding hydrogens is 958 g/mol. The standard InChI is InChI=1S/C23H23ClF3N5O5.C22H22F3N5O3/c1-4-37-21(33)14-9-13(12-28)20(30-19(14)23(25,26)27)31-5-7-32(8-6-31)22(34)29-16-10-15(24)17(35-2)11-18(16)36-3;1-2-33-20(31)17-12-16(13-26)19(28-18(17)22(23,24)25)29-8-10-30(11-9-29)21(32)27-14-15-6-4-3-5-7-15/h9-11H,4-8H2,1-3H3,(H,29,34);3-7,12H,2,8-11,14H2,1H3,(H,27,32). The van der Waals surface area contributed by atoms with Crippen LogP contribution in [0.5, 0.6) is 11.5 Å². The molecule has 372 valence electrons. The Bertz CT molecular complexity index is 2630. The lowest BCUT2D eigenvalue weighted by Crippen LogP contribution is -2.52. The van der Waals surface area contributed by atoms with E-state index in [1.54, 1.807) is 11.0 Å². The van der Waals surface area contributed by atoms with Crippen LogP contribution in [0.25, 0.3) is 0 Å². The summed E-state index contributed by atoms with van der Waals surface area (Å²) in [5.41, 5.74) is -3.63. The summed E-state index contributed by atoms with van der Waals surface area (Å²) in [6.45, 7) is 4.24. The number of nitrogens with zero attached hydrogens (tertiary/aromatic N) is 8. The van der Waals surface area contributed by atoms with Crippen LogP contribution >= 0.6 is 11.6 Å². The van der Waals surface area contributed by atoms with Gasteiger partial charge >= 0.3 is 36.4 Å². The number of rotatable bonds is 11. The molecule has 6 rings (SSSR count). The number of halogens is 7. The molecule has 0 saturated carbocycles. The number of nitrogens with one attached hydrogen (secondary N) is 2. The lowest BCUT2D eigenvalue weighted by atomic mass is 10.1. The van der Waals surface area contributed by atoms with E-state index >= 15 is 0 Å². The summed E-state index contributed by atoms with van der Waals surface area (Å²) in [7, 11) is 2.85. The molecular formula is C45H45ClF6N10O8. The maximum absolute atomic E-state index is 13.7. The highest BCUT2D eigenvalue weighted by atomic mass is 35.5. The van der Waals surface area contributed by atoms with Gasteiger partial charge in [-0.15, -0.1) is 0 Å². The molecule has 0 bridgehead atoms. The van der Waals surface area contributed by atoms with Crippen LogP contribution in [0, 0.1) is 22.7 Å². The van der Waals surface area contributed by atoms with Crippen LogP contribution in [-0.2, 0) is 28.4 Å². The fourth-order valence-electron chi connectivity index (χ4n) is 7.09. The van der Waals surface area contributed by atoms with E-state index in [9.17, 15) is 56.0 Å². The molecule has 2 aromatic heterocycles. The second-order valence-electron chi connectivity index (χ2n) is 14.9. The number of carbonyl (C=O) groups is 4. The Hall–Kier alpha value is -7.73. The zero-order valence-corrected chi connectivity index (χ0v) is 38.7. The number of anilines is 3. The van der Waals surface area contributed by atoms with Crippen LogP contribution in [0.1, 0.15) is 62.6 Å². The zero-order valence-electron chi connectivity index (χ0n) is 38.0. The molecule has 2 fully saturated rings. The van der Waals surface area contributed by atoms with Gasteiger partial charge < -0.3 is 49.2 Å². The molecule has 25 heteroatoms. The number of ether oxygens (including phenoxy) is 4. The van der Waals surface area contributed by atoms with Crippen molar-refractivity contribution >= 4 is 52.9 Å². The van der Waals surface area contributed by atoms with E-state index in [0.717, 1.165) is 17.7 Å². The normalized spacial score (nSPS) is 13.7. The second kappa shape index (κ2) is 23.5. The van der Waals surface area contributed by atoms with Crippen molar-refractivity contribution in [3.63, 3.8) is 0 Å². The van der Waals surface area contributed by atoms with E-state index in [1.807, 2.05) is 36.4 Å². The van der Waals surface area contributed by atoms with Crippen molar-refractivity contribution in [2.75, 3.05) is 94.9 Å². The van der Waals surface area contributed by atoms with Gasteiger partial charge in [0.25, 0.3) is 0 Å². The molecule has 0 radical (unpaired) electrons. The van der Waals surface area contributed by atoms with E-state index in [2.05, 4.69) is 20.6 Å². The van der Waals surface area contributed by atoms with Crippen molar-refractivity contribution in [3.8, 4) is 23.6 Å². The molecule has 18 nitrogen and oxygen atoms in total. The second-order valence-corrected chi connectivity index (χ2v) is 15.3. The molecule has 2 N–H and O–H groups in total. The summed E-state index contributed by atoms with van der Waals surface area (Å²) >= 11 is 6.14. The van der Waals surface area contributed by atoms with Gasteiger partial charge in [-0.2, -0.15) is 36.9 Å². The highest BCUT2D eigenvalue weighted by Crippen LogP contribution is 2.38. The molecule has 2 aromatic carbocycles. The third-order valence-electron chi connectivity index (χ3n) is 10.5. The molecule has 70 heavy (non-hydrogen) atoms. The lowest BCUT2D eigenvalue weighted by molar-refractivity contribution is -0.142. The Labute approximate surface area is 402 Å². The number of methoxy groups -OCH3 is 2. The predicted octanol–water partition coefficient (Wildman–Crippen LogP) is 7.35. The Morgan fingerprint density at radius 1 is 0.671 bits per heavy atom. The molecule has 0 spiro atoms. The molecule has 0 unspecified atom stereocenters. The number of aromatic nitrogens is 2. The number of hydrogen-bond donors (Lipinski definition) is 2. The van der Waals surface area contributed by atoms with Crippen LogP contribution in [0.15, 0.2) is 54.6 Å². The molecule has 2 aliphatic rings. The third kappa shape index (κ3) is 13.1. The molecule has 0 aliphatic carbocycles. The number of urea groups is 2. The van der Waals surface area contributed by atoms with Crippen molar-refractivity contribution in [1.82, 2.24) is 25.1 Å². The average Bonchev–Trinajstić information content (AvgIpc) is 3.35. The van der Waals surface area contributed by atoms with Crippen molar-refractivity contribution < 1.29 is 64.5 Å². The maximum Gasteiger partial charge on any atom is 0.434 e. The third-order valence-corrected chi connectivity index (χ3v) is 10.8. The van der Waals surface area contributed by atoms with Gasteiger partial charge in [0.05, 0.1) is 60.4 Å². The number of carbonyl (C=O) groups excluding carboxylic acids is 4. The summed E-state index contributed by atoms with van der Waals surface area (Å²) < 4.78 is 102. The summed E-state index contributed by atoms with van der Waals surface area (Å²) in [6.07, 6.45) is -9.87. The summed E-state index contributed by atoms with van der Waals surface area (Å²) in [6, 6.07) is 16.9. The van der Waals surface area contributed by atoms with Gasteiger partial charge in [0, 0.05) is 65.0 Å². The first-order valence-corrected chi connectivity index (χ1v) is 21.6. The lowest BCUT2D eigenvalue weighted by Gasteiger charge is -2.36. The van der Waals surface area contributed by atoms with Gasteiger partial charge in [-0.3, -0.25) is 0 Å². The minimum absolute atomic E-state index is 0.0889. The van der Waals surface area contributed by atoms with Gasteiger partial charge in [0.1, 0.15) is 35.3 Å². The average molecular weight is 1000 g/mol. The first-order valence-electron chi connectivity index (χ1n) is 21.2. The fraction of sp³-hybridized carbons (Fsp3) is 0.378. The maximum atomic E-state index is 13.7. The van der Waals surface area contributed by atoms with E-state index in [4.69, 9.17) is 30.5 Å². The number of alkyl halides is 6. The van der Waals surface area contributed by atoms with Gasteiger partial charge in [-0.1, -0.05) is 41.9 Å². The quantitative estimate of drug-likeness (QED) is 0.111. The number of esters is 2. The number of nitriles is 2. The summed E-state index contributed by atoms with van der Waals surface area (Å²) in [5.74, 6) is -2.15. The highest BCUT2D eigenvalue weighted by Gasteiger charge is 2.41. The molecule has 2 saturated heterocycles. The molecule has 0 atom stereocenters. The number of piperazine rings is 2. The summed E-state index contributed by atoms with van der Waals surface area (Å²) in [5, 5.41) is 24.8. The highest BCUT2D eigenvalue weighted by molar-refractivity contribution is 6.32. The van der Waals surface area contributed by atoms with Crippen molar-refractivity contribution in [2.24, 2.45) is 0 Å². The summed E-state index contributed by atoms with van der Waals surface area (Å²) in [4.78, 5) is 62.6. The Morgan fingerprint density at radius 2 is 1.11 bits per heavy atom. The van der Waals surface area contributed by atoms with Gasteiger partial charge in [-0.05, 0) is 37.6 Å². The van der Waals surface area contributed by atoms with Crippen molar-refractivity contribution in [2.45, 2.75) is 32.7 Å². The first kappa shape index (κ1) is 53.2. The minimum Gasteiger partial charge on any atom is -0.495 e. The minimum atomic E-state index is -4.95. The van der Waals surface area contributed by atoms with Crippen LogP contribution in [0.2, 0.25) is 5.02 Å². The Kier molecular flexibility index (Phi) is 17.9. The fourth-order valence-corrected chi connectivity index (χ4v) is 7.34. The van der Waals surface area contributed by atoms with E-state index in [-0.39, 0.29) is 99.4 Å². The Balaban J connectivity index is 0.000000262. The monoisotopic (exact) mass is 1000 g/mol. The van der Waals surface area contributed by atoms with Gasteiger partial charge in [0.2, 0.25) is 0 Å². The SMILES string of the molecule is CCOC(=O)c1cc(C#N)c(N2CCN(C(=O)NCc3ccccc3)CC2)nc1C(F)(F)F.CCOC(=O)c1cc(C#N)c(N2CCN(C(=O)Nc3cc(Cl)c(OC)cc3OC)CC2)nc1C(F)(F)F. The molecule has 4 heterocycles. The topological polar surface area (TPSA) is 216 Å². The van der Waals surface area contributed by atoms with Crippen LogP contribution < -0.4 is 29.9 Å². The Morgan fingerprint density at radius 3 is 1.51 bits per heavy atom. The van der Waals surface area contributed by atoms with E-state index in [1.165, 1.54) is 54.9 Å². The van der Waals surface area contributed by atoms with Gasteiger partial charge in [-0.25, -0.2) is 29.1 Å². The van der Waals surface area contributed by atoms with E-state index < -0.39 is 52.8 Å². The van der Waals surface area contributed by atoms with Gasteiger partial charge in [0.15, 0.2) is 11.4 Å². The van der Waals surface area contributed by atoms with Crippen LogP contribution in [0.4, 0.5) is 53.3 Å². The van der Waals surface area contributed by atoms with Crippen LogP contribution in [0.3, 0.4) is 0 Å². The smallest absolute Gasteiger partial charge is 0.434 e.